The van der Waals surface area contributed by atoms with Gasteiger partial charge in [-0.05, 0) is 10.8 Å². The Morgan fingerprint density at radius 1 is 0.846 bits per heavy atom. The average Bonchev–Trinajstić information content (AvgIpc) is 2.96. The van der Waals surface area contributed by atoms with E-state index >= 15 is 0 Å². The van der Waals surface area contributed by atoms with E-state index in [9.17, 15) is 0 Å². The Morgan fingerprint density at radius 3 is 2.19 bits per heavy atom. The van der Waals surface area contributed by atoms with Gasteiger partial charge in [-0.25, -0.2) is 4.57 Å². The number of imidazole rings is 1. The van der Waals surface area contributed by atoms with Gasteiger partial charge in [0.15, 0.2) is 17.4 Å². The van der Waals surface area contributed by atoms with Crippen LogP contribution in [0.25, 0.3) is 38.3 Å². The molecule has 3 heteroatoms. The van der Waals surface area contributed by atoms with Crippen LogP contribution in [0.1, 0.15) is 5.56 Å². The molecule has 0 bridgehead atoms. The molecular weight excluding hydrogens is 496 g/mol. The molecule has 2 nitrogen and oxygen atoms in total. The first kappa shape index (κ1) is 17.0. The van der Waals surface area contributed by atoms with Crippen LogP contribution >= 0.6 is 0 Å². The summed E-state index contributed by atoms with van der Waals surface area (Å²) in [5.74, 6) is 0. The molecule has 1 radical (unpaired) electrons. The van der Waals surface area contributed by atoms with Crippen molar-refractivity contribution in [1.82, 2.24) is 9.13 Å². The van der Waals surface area contributed by atoms with Crippen molar-refractivity contribution in [2.24, 2.45) is 7.05 Å². The third-order valence-electron chi connectivity index (χ3n) is 5.10. The molecule has 0 fully saturated rings. The first-order valence-electron chi connectivity index (χ1n) is 8.52. The van der Waals surface area contributed by atoms with E-state index in [1.807, 2.05) is 0 Å². The van der Waals surface area contributed by atoms with Gasteiger partial charge in [-0.15, -0.1) is 22.9 Å². The fourth-order valence-electron chi connectivity index (χ4n) is 3.76. The van der Waals surface area contributed by atoms with Crippen LogP contribution in [-0.4, -0.2) is 9.13 Å². The maximum absolute atomic E-state index is 3.50. The SMILES string of the molecule is Cc1c(-n2[cH+]n(C)c3cc4ccccc4cc32)[c-]cc2ccccc12.[Ir]. The Hall–Kier alpha value is -2.48. The van der Waals surface area contributed by atoms with Crippen molar-refractivity contribution < 1.29 is 20.1 Å². The van der Waals surface area contributed by atoms with Crippen LogP contribution in [0.15, 0.2) is 73.1 Å². The van der Waals surface area contributed by atoms with E-state index in [1.165, 1.54) is 38.1 Å². The largest absolute Gasteiger partial charge is 0.248 e. The molecule has 0 amide bonds. The monoisotopic (exact) mass is 515 g/mol. The number of nitrogens with zero attached hydrogens (tertiary/aromatic N) is 2. The molecule has 0 saturated carbocycles. The fourth-order valence-corrected chi connectivity index (χ4v) is 3.76. The summed E-state index contributed by atoms with van der Waals surface area (Å²) in [6.07, 6.45) is 2.15. The summed E-state index contributed by atoms with van der Waals surface area (Å²) >= 11 is 0. The molecule has 0 aliphatic carbocycles. The summed E-state index contributed by atoms with van der Waals surface area (Å²) < 4.78 is 4.44. The van der Waals surface area contributed by atoms with Gasteiger partial charge in [0.2, 0.25) is 0 Å². The molecule has 0 aliphatic heterocycles. The van der Waals surface area contributed by atoms with Crippen LogP contribution in [0, 0.1) is 13.0 Å². The molecule has 0 spiro atoms. The predicted molar refractivity (Wildman–Crippen MR) is 105 cm³/mol. The molecule has 129 valence electrons. The molecule has 1 heterocycles. The first-order chi connectivity index (χ1) is 12.2. The van der Waals surface area contributed by atoms with E-state index < -0.39 is 0 Å². The number of hydrogen-bond donors (Lipinski definition) is 0. The van der Waals surface area contributed by atoms with Crippen molar-refractivity contribution >= 4 is 32.6 Å². The van der Waals surface area contributed by atoms with Crippen LogP contribution in [0.5, 0.6) is 0 Å². The Kier molecular flexibility index (Phi) is 4.14. The predicted octanol–water partition coefficient (Wildman–Crippen LogP) is 5.66. The second-order valence-electron chi connectivity index (χ2n) is 6.63. The van der Waals surface area contributed by atoms with Gasteiger partial charge in [0.25, 0.3) is 0 Å². The summed E-state index contributed by atoms with van der Waals surface area (Å²) in [5, 5.41) is 5.03. The Bertz CT molecular complexity index is 1270. The van der Waals surface area contributed by atoms with Crippen LogP contribution in [-0.2, 0) is 27.2 Å². The summed E-state index contributed by atoms with van der Waals surface area (Å²) in [6, 6.07) is 27.1. The minimum atomic E-state index is 0. The summed E-state index contributed by atoms with van der Waals surface area (Å²) in [6.45, 7) is 2.18. The van der Waals surface area contributed by atoms with Crippen molar-refractivity contribution in [3.63, 3.8) is 0 Å². The molecular formula is C23H18IrN2. The van der Waals surface area contributed by atoms with Crippen molar-refractivity contribution in [1.29, 1.82) is 0 Å². The zero-order valence-electron chi connectivity index (χ0n) is 14.7. The number of hydrogen-bond acceptors (Lipinski definition) is 0. The van der Waals surface area contributed by atoms with E-state index in [0.717, 1.165) is 5.69 Å². The minimum absolute atomic E-state index is 0. The van der Waals surface area contributed by atoms with Gasteiger partial charge in [-0.1, -0.05) is 55.0 Å². The van der Waals surface area contributed by atoms with Gasteiger partial charge in [-0.2, -0.15) is 10.6 Å². The maximum Gasteiger partial charge on any atom is 0.189 e. The molecule has 4 aromatic carbocycles. The third kappa shape index (κ3) is 2.47. The topological polar surface area (TPSA) is 9.86 Å². The Labute approximate surface area is 166 Å². The molecule has 0 N–H and O–H groups in total. The van der Waals surface area contributed by atoms with E-state index in [0.29, 0.717) is 0 Å². The maximum atomic E-state index is 3.50. The number of fused-ring (bicyclic) bond motifs is 3. The van der Waals surface area contributed by atoms with E-state index in [2.05, 4.69) is 102 Å². The van der Waals surface area contributed by atoms with Crippen molar-refractivity contribution in [2.45, 2.75) is 6.92 Å². The van der Waals surface area contributed by atoms with Crippen molar-refractivity contribution in [2.75, 3.05) is 0 Å². The molecule has 26 heavy (non-hydrogen) atoms. The molecule has 0 atom stereocenters. The summed E-state index contributed by atoms with van der Waals surface area (Å²) in [5.41, 5.74) is 4.79. The van der Waals surface area contributed by atoms with Crippen molar-refractivity contribution in [3.05, 3.63) is 84.7 Å². The zero-order chi connectivity index (χ0) is 17.0. The molecule has 5 aromatic rings. The van der Waals surface area contributed by atoms with Crippen LogP contribution in [0.3, 0.4) is 0 Å². The van der Waals surface area contributed by atoms with Gasteiger partial charge in [0.1, 0.15) is 0 Å². The number of aromatic nitrogens is 2. The van der Waals surface area contributed by atoms with Gasteiger partial charge in [-0.3, -0.25) is 0 Å². The van der Waals surface area contributed by atoms with Gasteiger partial charge < -0.3 is 0 Å². The smallest absolute Gasteiger partial charge is 0.189 e. The minimum Gasteiger partial charge on any atom is -0.248 e. The van der Waals surface area contributed by atoms with E-state index in [4.69, 9.17) is 0 Å². The second kappa shape index (κ2) is 6.35. The van der Waals surface area contributed by atoms with Crippen LogP contribution in [0.2, 0.25) is 0 Å². The van der Waals surface area contributed by atoms with E-state index in [-0.39, 0.29) is 20.1 Å². The normalized spacial score (nSPS) is 11.2. The fraction of sp³-hybridized carbons (Fsp3) is 0.0870. The van der Waals surface area contributed by atoms with Gasteiger partial charge in [0, 0.05) is 45.0 Å². The Balaban J connectivity index is 0.00000168. The molecule has 0 aliphatic rings. The third-order valence-corrected chi connectivity index (χ3v) is 5.10. The van der Waals surface area contributed by atoms with Crippen molar-refractivity contribution in [3.8, 4) is 5.69 Å². The molecule has 0 unspecified atom stereocenters. The number of aryl methyl sites for hydroxylation is 2. The zero-order valence-corrected chi connectivity index (χ0v) is 17.1. The first-order valence-corrected chi connectivity index (χ1v) is 8.52. The van der Waals surface area contributed by atoms with Crippen LogP contribution < -0.4 is 0 Å². The number of rotatable bonds is 1. The number of benzene rings is 4. The second-order valence-corrected chi connectivity index (χ2v) is 6.63. The van der Waals surface area contributed by atoms with Gasteiger partial charge in [0.05, 0.1) is 0 Å². The van der Waals surface area contributed by atoms with Crippen LogP contribution in [0.4, 0.5) is 0 Å². The van der Waals surface area contributed by atoms with Gasteiger partial charge >= 0.3 is 0 Å². The average molecular weight is 515 g/mol. The molecule has 0 saturated heterocycles. The summed E-state index contributed by atoms with van der Waals surface area (Å²) in [7, 11) is 2.10. The Morgan fingerprint density at radius 2 is 1.46 bits per heavy atom. The molecule has 5 rings (SSSR count). The quantitative estimate of drug-likeness (QED) is 0.256. The van der Waals surface area contributed by atoms with E-state index in [1.54, 1.807) is 0 Å². The standard InChI is InChI=1S/C23H18N2.Ir/c1-16-20-10-6-5-7-17(20)11-12-21(16)25-15-24(2)22-13-18-8-3-4-9-19(18)14-23(22)25;/h3-11,13-15H,1-2H3;. The molecule has 1 aromatic heterocycles. The summed E-state index contributed by atoms with van der Waals surface area (Å²) in [4.78, 5) is 0.